The molecule has 0 saturated carbocycles. The summed E-state index contributed by atoms with van der Waals surface area (Å²) in [6.45, 7) is 17.7. The van der Waals surface area contributed by atoms with Crippen molar-refractivity contribution in [3.63, 3.8) is 0 Å². The lowest BCUT2D eigenvalue weighted by atomic mass is 9.67. The van der Waals surface area contributed by atoms with Gasteiger partial charge in [-0.2, -0.15) is 0 Å². The molecule has 0 bridgehead atoms. The predicted octanol–water partition coefficient (Wildman–Crippen LogP) is 31.0. The summed E-state index contributed by atoms with van der Waals surface area (Å²) in [5.41, 5.74) is 36.8. The highest BCUT2D eigenvalue weighted by Gasteiger charge is 2.46. The number of hydrogen-bond donors (Lipinski definition) is 0. The molecular formula is C118H96N4. The van der Waals surface area contributed by atoms with Crippen molar-refractivity contribution in [1.29, 1.82) is 0 Å². The van der Waals surface area contributed by atoms with Gasteiger partial charge in [-0.05, 0) is 222 Å². The van der Waals surface area contributed by atoms with Gasteiger partial charge in [-0.3, -0.25) is 0 Å². The van der Waals surface area contributed by atoms with Gasteiger partial charge in [0, 0.05) is 71.3 Å². The van der Waals surface area contributed by atoms with Crippen LogP contribution in [0.4, 0.5) is 0 Å². The van der Waals surface area contributed by atoms with Gasteiger partial charge in [-0.1, -0.05) is 359 Å². The molecule has 0 atom stereocenters. The largest absolute Gasteiger partial charge is 0.309 e. The number of rotatable bonds is 6. The third-order valence-corrected chi connectivity index (χ3v) is 25.0. The van der Waals surface area contributed by atoms with E-state index in [0.717, 1.165) is 0 Å². The van der Waals surface area contributed by atoms with E-state index >= 15 is 0 Å². The van der Waals surface area contributed by atoms with E-state index in [1.165, 1.54) is 199 Å². The van der Waals surface area contributed by atoms with Crippen LogP contribution >= 0.6 is 0 Å². The first-order valence-corrected chi connectivity index (χ1v) is 42.6. The lowest BCUT2D eigenvalue weighted by molar-refractivity contribution is 0.660. The van der Waals surface area contributed by atoms with E-state index in [9.17, 15) is 0 Å². The average molecular weight is 1570 g/mol. The van der Waals surface area contributed by atoms with E-state index < -0.39 is 0 Å². The Hall–Kier alpha value is -14.8. The number of aromatic nitrogens is 4. The summed E-state index contributed by atoms with van der Waals surface area (Å²) in [5, 5.41) is 10.6. The fourth-order valence-corrected chi connectivity index (χ4v) is 19.6. The Morgan fingerprint density at radius 3 is 1.08 bits per heavy atom. The molecule has 18 aromatic carbocycles. The van der Waals surface area contributed by atoms with Crippen molar-refractivity contribution < 1.29 is 0 Å². The summed E-state index contributed by atoms with van der Waals surface area (Å²) in [6, 6.07) is 156. The van der Waals surface area contributed by atoms with Gasteiger partial charge < -0.3 is 18.3 Å². The summed E-state index contributed by atoms with van der Waals surface area (Å²) in [5.74, 6) is 0. The van der Waals surface area contributed by atoms with Crippen molar-refractivity contribution in [3.8, 4) is 45.0 Å². The minimum atomic E-state index is -0.263. The Balaban J connectivity index is 0.0000000969. The molecule has 4 nitrogen and oxygen atoms in total. The van der Waals surface area contributed by atoms with E-state index in [4.69, 9.17) is 0 Å². The molecular weight excluding hydrogens is 1470 g/mol. The zero-order valence-corrected chi connectivity index (χ0v) is 70.4. The molecule has 0 aliphatic heterocycles. The SMILES string of the molecule is Cc1ccc2c(c1)c1ccccc1n2-c1ccccc1.Cc1ccc2c3ccccc3n(-c3ccccc3)c2c1.Cc1cccc2c1-c1ccccc1C2(C)C.Cc1cccc2c1-c1ccccc1C2(c1ccccc1)c1ccccc1.Cc1cccc2c1c1ccccc1n2-c1ccccc1.Cc1cccc2c3ccccc3n(-c3ccccc3)c12. The molecule has 22 aromatic rings. The second kappa shape index (κ2) is 32.8. The summed E-state index contributed by atoms with van der Waals surface area (Å²) >= 11 is 0. The monoisotopic (exact) mass is 1570 g/mol. The molecule has 4 heterocycles. The van der Waals surface area contributed by atoms with E-state index in [0.29, 0.717) is 0 Å². The molecule has 122 heavy (non-hydrogen) atoms. The van der Waals surface area contributed by atoms with Crippen LogP contribution in [0.5, 0.6) is 0 Å². The van der Waals surface area contributed by atoms with Gasteiger partial charge in [-0.25, -0.2) is 0 Å². The number of hydrogen-bond acceptors (Lipinski definition) is 0. The summed E-state index contributed by atoms with van der Waals surface area (Å²) < 4.78 is 9.39. The molecule has 2 aliphatic rings. The van der Waals surface area contributed by atoms with Crippen molar-refractivity contribution in [1.82, 2.24) is 18.3 Å². The molecule has 4 heteroatoms. The highest BCUT2D eigenvalue weighted by molar-refractivity contribution is 6.13. The Bertz CT molecular complexity index is 7460. The maximum absolute atomic E-state index is 2.36. The molecule has 0 fully saturated rings. The van der Waals surface area contributed by atoms with Crippen LogP contribution in [-0.4, -0.2) is 18.3 Å². The molecule has 0 spiro atoms. The minimum Gasteiger partial charge on any atom is -0.309 e. The lowest BCUT2D eigenvalue weighted by Gasteiger charge is -2.33. The van der Waals surface area contributed by atoms with Gasteiger partial charge >= 0.3 is 0 Å². The fourth-order valence-electron chi connectivity index (χ4n) is 19.6. The first kappa shape index (κ1) is 77.1. The molecule has 0 saturated heterocycles. The number of benzene rings is 18. The van der Waals surface area contributed by atoms with Crippen molar-refractivity contribution in [2.45, 2.75) is 66.2 Å². The molecule has 4 aromatic heterocycles. The van der Waals surface area contributed by atoms with Gasteiger partial charge in [0.2, 0.25) is 0 Å². The number of para-hydroxylation sites is 9. The zero-order valence-electron chi connectivity index (χ0n) is 70.4. The highest BCUT2D eigenvalue weighted by Crippen LogP contribution is 2.57. The molecule has 0 amide bonds. The van der Waals surface area contributed by atoms with E-state index in [-0.39, 0.29) is 10.8 Å². The number of nitrogens with zero attached hydrogens (tertiary/aromatic N) is 4. The first-order chi connectivity index (χ1) is 59.9. The van der Waals surface area contributed by atoms with Crippen LogP contribution in [0, 0.1) is 41.5 Å². The third kappa shape index (κ3) is 13.6. The average Bonchev–Trinajstić information content (AvgIpc) is 1.52. The van der Waals surface area contributed by atoms with Gasteiger partial charge in [0.25, 0.3) is 0 Å². The van der Waals surface area contributed by atoms with Gasteiger partial charge in [-0.15, -0.1) is 0 Å². The number of aryl methyl sites for hydroxylation is 6. The summed E-state index contributed by atoms with van der Waals surface area (Å²) in [6.07, 6.45) is 0. The maximum atomic E-state index is 2.36. The summed E-state index contributed by atoms with van der Waals surface area (Å²) in [7, 11) is 0. The van der Waals surface area contributed by atoms with Crippen LogP contribution in [0.2, 0.25) is 0 Å². The third-order valence-electron chi connectivity index (χ3n) is 25.0. The van der Waals surface area contributed by atoms with Crippen LogP contribution in [0.15, 0.2) is 437 Å². The molecule has 0 unspecified atom stereocenters. The first-order valence-electron chi connectivity index (χ1n) is 42.6. The standard InChI is InChI=1S/C26H20.4C19H15N.C16H16/c1-19-11-10-18-24-25(19)22-16-8-9-17-23(22)26(24,20-12-4-2-5-13-20)21-14-6-3-7-15-21;1-14-8-7-12-17-16-11-5-6-13-18(16)20(19(14)17)15-9-3-2-4-10-15;1-14-8-7-13-18-19(14)16-11-5-6-12-17(16)20(18)15-9-3-2-4-10-15;1-14-11-12-19-17(13-14)16-9-5-6-10-18(16)20(19)15-7-3-2-4-8-15;1-14-11-12-17-16-9-5-6-10-18(16)20(19(17)13-14)15-7-3-2-4-8-15;1-11-7-6-10-14-15(11)12-8-4-5-9-13(12)16(14,2)3/h2-18H,1H3;4*2-13H,1H3;4-10H,1-3H3. The van der Waals surface area contributed by atoms with Crippen molar-refractivity contribution in [2.75, 3.05) is 0 Å². The molecule has 2 aliphatic carbocycles. The van der Waals surface area contributed by atoms with E-state index in [1.54, 1.807) is 0 Å². The Kier molecular flexibility index (Phi) is 20.7. The van der Waals surface area contributed by atoms with Crippen LogP contribution < -0.4 is 0 Å². The van der Waals surface area contributed by atoms with Crippen LogP contribution in [0.1, 0.15) is 80.6 Å². The van der Waals surface area contributed by atoms with Crippen molar-refractivity contribution >= 4 is 87.2 Å². The van der Waals surface area contributed by atoms with Gasteiger partial charge in [0.1, 0.15) is 0 Å². The van der Waals surface area contributed by atoms with Gasteiger partial charge in [0.15, 0.2) is 0 Å². The van der Waals surface area contributed by atoms with Crippen LogP contribution in [0.3, 0.4) is 0 Å². The minimum absolute atomic E-state index is 0.151. The fraction of sp³-hybridized carbons (Fsp3) is 0.0847. The Morgan fingerprint density at radius 2 is 0.525 bits per heavy atom. The lowest BCUT2D eigenvalue weighted by Crippen LogP contribution is -2.28. The highest BCUT2D eigenvalue weighted by atomic mass is 15.0. The topological polar surface area (TPSA) is 19.7 Å². The van der Waals surface area contributed by atoms with Gasteiger partial charge in [0.05, 0.1) is 49.5 Å². The maximum Gasteiger partial charge on any atom is 0.0713 e. The second-order valence-corrected chi connectivity index (χ2v) is 32.9. The van der Waals surface area contributed by atoms with Crippen molar-refractivity contribution in [3.05, 3.63) is 504 Å². The smallest absolute Gasteiger partial charge is 0.0713 e. The Labute approximate surface area is 715 Å². The second-order valence-electron chi connectivity index (χ2n) is 32.9. The molecule has 0 radical (unpaired) electrons. The Morgan fingerprint density at radius 1 is 0.197 bits per heavy atom. The quantitative estimate of drug-likeness (QED) is 0.158. The van der Waals surface area contributed by atoms with E-state index in [2.05, 4.69) is 510 Å². The summed E-state index contributed by atoms with van der Waals surface area (Å²) in [4.78, 5) is 0. The molecule has 588 valence electrons. The normalized spacial score (nSPS) is 12.4. The number of fused-ring (bicyclic) bond motifs is 18. The molecule has 24 rings (SSSR count). The zero-order chi connectivity index (χ0) is 83.0. The van der Waals surface area contributed by atoms with E-state index in [1.807, 2.05) is 0 Å². The predicted molar refractivity (Wildman–Crippen MR) is 519 cm³/mol. The van der Waals surface area contributed by atoms with Crippen LogP contribution in [0.25, 0.3) is 132 Å². The molecule has 0 N–H and O–H groups in total. The van der Waals surface area contributed by atoms with Crippen LogP contribution in [-0.2, 0) is 10.8 Å². The van der Waals surface area contributed by atoms with Crippen molar-refractivity contribution in [2.24, 2.45) is 0 Å².